The molecule has 25 heavy (non-hydrogen) atoms. The number of carbonyl (C=O) groups is 3. The Kier molecular flexibility index (Phi) is 3.93. The van der Waals surface area contributed by atoms with Crippen molar-refractivity contribution >= 4 is 23.4 Å². The molecule has 8 heteroatoms. The molecule has 3 N–H and O–H groups in total. The molecule has 0 radical (unpaired) electrons. The molecule has 132 valence electrons. The molecule has 0 aromatic heterocycles. The van der Waals surface area contributed by atoms with Crippen LogP contribution >= 0.6 is 0 Å². The van der Waals surface area contributed by atoms with Crippen molar-refractivity contribution in [2.75, 3.05) is 31.1 Å². The Labute approximate surface area is 144 Å². The Morgan fingerprint density at radius 3 is 2.60 bits per heavy atom. The highest BCUT2D eigenvalue weighted by molar-refractivity contribution is 6.06. The predicted molar refractivity (Wildman–Crippen MR) is 88.8 cm³/mol. The van der Waals surface area contributed by atoms with Crippen molar-refractivity contribution in [1.82, 2.24) is 15.5 Å². The molecule has 3 aliphatic heterocycles. The summed E-state index contributed by atoms with van der Waals surface area (Å²) in [5, 5.41) is 16.4. The number of carbonyl (C=O) groups excluding carboxylic acids is 3. The zero-order chi connectivity index (χ0) is 17.6. The van der Waals surface area contributed by atoms with Crippen molar-refractivity contribution in [2.45, 2.75) is 25.1 Å². The lowest BCUT2D eigenvalue weighted by Gasteiger charge is -2.34. The van der Waals surface area contributed by atoms with E-state index in [9.17, 15) is 19.5 Å². The van der Waals surface area contributed by atoms with Crippen molar-refractivity contribution in [3.05, 3.63) is 29.3 Å². The van der Waals surface area contributed by atoms with Crippen LogP contribution in [0.1, 0.15) is 35.0 Å². The summed E-state index contributed by atoms with van der Waals surface area (Å²) in [6, 6.07) is 4.55. The van der Waals surface area contributed by atoms with Crippen LogP contribution in [0.25, 0.3) is 0 Å². The van der Waals surface area contributed by atoms with E-state index >= 15 is 0 Å². The van der Waals surface area contributed by atoms with Gasteiger partial charge in [0, 0.05) is 49.4 Å². The van der Waals surface area contributed by atoms with Crippen LogP contribution in [0.15, 0.2) is 18.2 Å². The number of piperazine rings is 1. The molecule has 2 atom stereocenters. The van der Waals surface area contributed by atoms with Gasteiger partial charge in [0.2, 0.25) is 11.8 Å². The van der Waals surface area contributed by atoms with Gasteiger partial charge in [0.25, 0.3) is 5.91 Å². The number of hydrogen-bond donors (Lipinski definition) is 3. The fourth-order valence-electron chi connectivity index (χ4n) is 3.84. The number of aliphatic hydroxyl groups excluding tert-OH is 1. The normalized spacial score (nSPS) is 26.7. The van der Waals surface area contributed by atoms with E-state index in [1.165, 1.54) is 4.90 Å². The number of piperidine rings is 1. The molecule has 3 aliphatic rings. The standard InChI is InChI=1S/C17H20N4O4/c22-13-5-4-12(15(23)19-13)21-16(24)10-2-1-3-11(14(10)17(21)25)20-8-6-18-7-9-20/h1-3,12,17-18,25H,4-9H2,(H,19,22,23). The summed E-state index contributed by atoms with van der Waals surface area (Å²) in [7, 11) is 0. The van der Waals surface area contributed by atoms with Crippen molar-refractivity contribution in [2.24, 2.45) is 0 Å². The number of nitrogens with zero attached hydrogens (tertiary/aromatic N) is 2. The van der Waals surface area contributed by atoms with E-state index in [0.717, 1.165) is 31.9 Å². The van der Waals surface area contributed by atoms with E-state index in [2.05, 4.69) is 15.5 Å². The maximum atomic E-state index is 12.8. The van der Waals surface area contributed by atoms with Crippen LogP contribution in [0.5, 0.6) is 0 Å². The van der Waals surface area contributed by atoms with Gasteiger partial charge in [0.1, 0.15) is 6.04 Å². The third kappa shape index (κ3) is 2.58. The van der Waals surface area contributed by atoms with Gasteiger partial charge in [-0.15, -0.1) is 0 Å². The Balaban J connectivity index is 1.69. The van der Waals surface area contributed by atoms with E-state index < -0.39 is 18.2 Å². The Bertz CT molecular complexity index is 744. The molecule has 0 aliphatic carbocycles. The lowest BCUT2D eigenvalue weighted by molar-refractivity contribution is -0.139. The molecule has 1 aromatic rings. The highest BCUT2D eigenvalue weighted by Gasteiger charge is 2.45. The summed E-state index contributed by atoms with van der Waals surface area (Å²) in [4.78, 5) is 39.7. The maximum absolute atomic E-state index is 12.8. The fourth-order valence-corrected chi connectivity index (χ4v) is 3.84. The number of nitrogens with one attached hydrogen (secondary N) is 2. The van der Waals surface area contributed by atoms with Crippen molar-refractivity contribution < 1.29 is 19.5 Å². The number of fused-ring (bicyclic) bond motifs is 1. The summed E-state index contributed by atoms with van der Waals surface area (Å²) >= 11 is 0. The molecule has 1 aromatic carbocycles. The Hall–Kier alpha value is -2.45. The van der Waals surface area contributed by atoms with Gasteiger partial charge >= 0.3 is 0 Å². The molecule has 0 bridgehead atoms. The molecule has 0 spiro atoms. The first kappa shape index (κ1) is 16.0. The predicted octanol–water partition coefficient (Wildman–Crippen LogP) is -0.652. The first-order valence-corrected chi connectivity index (χ1v) is 8.51. The molecule has 0 saturated carbocycles. The van der Waals surface area contributed by atoms with Crippen LogP contribution < -0.4 is 15.5 Å². The summed E-state index contributed by atoms with van der Waals surface area (Å²) in [6.07, 6.45) is -0.796. The van der Waals surface area contributed by atoms with Gasteiger partial charge in [-0.2, -0.15) is 0 Å². The quantitative estimate of drug-likeness (QED) is 0.616. The number of anilines is 1. The monoisotopic (exact) mass is 344 g/mol. The van der Waals surface area contributed by atoms with Crippen LogP contribution in [-0.2, 0) is 9.59 Å². The first-order chi connectivity index (χ1) is 12.1. The number of amides is 3. The third-order valence-electron chi connectivity index (χ3n) is 5.07. The average molecular weight is 344 g/mol. The topological polar surface area (TPSA) is 102 Å². The van der Waals surface area contributed by atoms with E-state index in [1.54, 1.807) is 12.1 Å². The molecule has 8 nitrogen and oxygen atoms in total. The second-order valence-electron chi connectivity index (χ2n) is 6.53. The van der Waals surface area contributed by atoms with E-state index in [-0.39, 0.29) is 24.7 Å². The van der Waals surface area contributed by atoms with E-state index in [0.29, 0.717) is 11.1 Å². The second-order valence-corrected chi connectivity index (χ2v) is 6.53. The molecule has 4 rings (SSSR count). The summed E-state index contributed by atoms with van der Waals surface area (Å²) < 4.78 is 0. The van der Waals surface area contributed by atoms with Crippen molar-refractivity contribution in [3.8, 4) is 0 Å². The molecular weight excluding hydrogens is 324 g/mol. The molecular formula is C17H20N4O4. The molecule has 2 fully saturated rings. The fraction of sp³-hybridized carbons (Fsp3) is 0.471. The van der Waals surface area contributed by atoms with Crippen LogP contribution in [0, 0.1) is 0 Å². The van der Waals surface area contributed by atoms with Gasteiger partial charge in [-0.25, -0.2) is 0 Å². The van der Waals surface area contributed by atoms with Crippen molar-refractivity contribution in [3.63, 3.8) is 0 Å². The minimum absolute atomic E-state index is 0.161. The number of hydrogen-bond acceptors (Lipinski definition) is 6. The lowest BCUT2D eigenvalue weighted by atomic mass is 10.0. The maximum Gasteiger partial charge on any atom is 0.257 e. The average Bonchev–Trinajstić information content (AvgIpc) is 2.87. The third-order valence-corrected chi connectivity index (χ3v) is 5.07. The Morgan fingerprint density at radius 1 is 1.12 bits per heavy atom. The summed E-state index contributed by atoms with van der Waals surface area (Å²) in [5.74, 6) is -1.24. The van der Waals surface area contributed by atoms with E-state index in [4.69, 9.17) is 0 Å². The van der Waals surface area contributed by atoms with Gasteiger partial charge in [0.05, 0.1) is 0 Å². The molecule has 3 amide bonds. The van der Waals surface area contributed by atoms with Crippen molar-refractivity contribution in [1.29, 1.82) is 0 Å². The smallest absolute Gasteiger partial charge is 0.257 e. The van der Waals surface area contributed by atoms with Crippen LogP contribution in [0.2, 0.25) is 0 Å². The zero-order valence-electron chi connectivity index (χ0n) is 13.7. The van der Waals surface area contributed by atoms with E-state index in [1.807, 2.05) is 6.07 Å². The second kappa shape index (κ2) is 6.12. The highest BCUT2D eigenvalue weighted by atomic mass is 16.3. The van der Waals surface area contributed by atoms with Gasteiger partial charge in [-0.3, -0.25) is 24.6 Å². The minimum Gasteiger partial charge on any atom is -0.369 e. The first-order valence-electron chi connectivity index (χ1n) is 8.51. The van der Waals surface area contributed by atoms with Gasteiger partial charge in [0.15, 0.2) is 6.23 Å². The lowest BCUT2D eigenvalue weighted by Crippen LogP contribution is -2.53. The van der Waals surface area contributed by atoms with Gasteiger partial charge < -0.3 is 15.3 Å². The zero-order valence-corrected chi connectivity index (χ0v) is 13.7. The number of aliphatic hydroxyl groups is 1. The molecule has 2 unspecified atom stereocenters. The number of benzene rings is 1. The van der Waals surface area contributed by atoms with Crippen LogP contribution in [-0.4, -0.2) is 59.9 Å². The SMILES string of the molecule is O=C1CCC(N2C(=O)c3cccc(N4CCNCC4)c3C2O)C(=O)N1. The molecule has 3 heterocycles. The number of imide groups is 1. The summed E-state index contributed by atoms with van der Waals surface area (Å²) in [6.45, 7) is 3.25. The van der Waals surface area contributed by atoms with Crippen LogP contribution in [0.3, 0.4) is 0 Å². The molecule has 2 saturated heterocycles. The largest absolute Gasteiger partial charge is 0.369 e. The van der Waals surface area contributed by atoms with Gasteiger partial charge in [-0.1, -0.05) is 6.07 Å². The van der Waals surface area contributed by atoms with Crippen LogP contribution in [0.4, 0.5) is 5.69 Å². The highest BCUT2D eigenvalue weighted by Crippen LogP contribution is 2.40. The summed E-state index contributed by atoms with van der Waals surface area (Å²) in [5.41, 5.74) is 1.81. The minimum atomic E-state index is -1.18. The number of rotatable bonds is 2. The Morgan fingerprint density at radius 2 is 1.88 bits per heavy atom. The van der Waals surface area contributed by atoms with Gasteiger partial charge in [-0.05, 0) is 18.6 Å².